The molecule has 1 aliphatic heterocycles. The molecule has 5 heteroatoms. The van der Waals surface area contributed by atoms with Gasteiger partial charge < -0.3 is 15.0 Å². The highest BCUT2D eigenvalue weighted by Crippen LogP contribution is 2.32. The fourth-order valence-electron chi connectivity index (χ4n) is 2.39. The van der Waals surface area contributed by atoms with Gasteiger partial charge in [-0.05, 0) is 30.3 Å². The molecule has 18 heavy (non-hydrogen) atoms. The minimum absolute atomic E-state index is 0.351. The van der Waals surface area contributed by atoms with Crippen LogP contribution in [0.2, 0.25) is 0 Å². The van der Waals surface area contributed by atoms with Crippen molar-refractivity contribution >= 4 is 11.4 Å². The zero-order chi connectivity index (χ0) is 13.0. The monoisotopic (exact) mass is 249 g/mol. The number of nitrogens with one attached hydrogen (secondary N) is 1. The first-order valence-electron chi connectivity index (χ1n) is 6.28. The molecule has 0 aliphatic carbocycles. The van der Waals surface area contributed by atoms with E-state index in [9.17, 15) is 4.91 Å². The predicted octanol–water partition coefficient (Wildman–Crippen LogP) is 2.28. The average molecular weight is 249 g/mol. The standard InChI is InChI=1S/C13H19N3O2/c1-3-14-10-6-7-16(9-10)11-4-5-12(15-17)13(8-11)18-2/h4-5,8,10,14H,3,6-7,9H2,1-2H3. The number of methoxy groups -OCH3 is 1. The van der Waals surface area contributed by atoms with Crippen LogP contribution >= 0.6 is 0 Å². The Labute approximate surface area is 107 Å². The third kappa shape index (κ3) is 2.61. The minimum Gasteiger partial charge on any atom is -0.494 e. The fraction of sp³-hybridized carbons (Fsp3) is 0.538. The Morgan fingerprint density at radius 2 is 2.39 bits per heavy atom. The molecule has 1 aliphatic rings. The number of nitroso groups, excluding NO2 is 1. The summed E-state index contributed by atoms with van der Waals surface area (Å²) in [6.45, 7) is 5.13. The topological polar surface area (TPSA) is 53.9 Å². The Morgan fingerprint density at radius 1 is 1.56 bits per heavy atom. The number of likely N-dealkylation sites (N-methyl/N-ethyl adjacent to an activating group) is 1. The lowest BCUT2D eigenvalue weighted by molar-refractivity contribution is 0.416. The second-order valence-corrected chi connectivity index (χ2v) is 4.44. The van der Waals surface area contributed by atoms with Crippen LogP contribution in [-0.2, 0) is 0 Å². The second kappa shape index (κ2) is 5.82. The molecule has 1 N–H and O–H groups in total. The lowest BCUT2D eigenvalue weighted by Crippen LogP contribution is -2.32. The summed E-state index contributed by atoms with van der Waals surface area (Å²) in [6.07, 6.45) is 1.14. The minimum atomic E-state index is 0.351. The molecule has 0 aromatic heterocycles. The van der Waals surface area contributed by atoms with E-state index in [1.807, 2.05) is 12.1 Å². The van der Waals surface area contributed by atoms with Gasteiger partial charge in [0, 0.05) is 30.9 Å². The van der Waals surface area contributed by atoms with Crippen molar-refractivity contribution in [3.63, 3.8) is 0 Å². The molecular formula is C13H19N3O2. The molecule has 1 aromatic carbocycles. The van der Waals surface area contributed by atoms with Crippen molar-refractivity contribution in [2.45, 2.75) is 19.4 Å². The summed E-state index contributed by atoms with van der Waals surface area (Å²) in [5.41, 5.74) is 1.43. The van der Waals surface area contributed by atoms with E-state index in [0.717, 1.165) is 31.7 Å². The van der Waals surface area contributed by atoms with Crippen LogP contribution in [0.15, 0.2) is 23.4 Å². The van der Waals surface area contributed by atoms with E-state index in [1.54, 1.807) is 13.2 Å². The molecule has 0 bridgehead atoms. The van der Waals surface area contributed by atoms with Crippen molar-refractivity contribution in [1.29, 1.82) is 0 Å². The van der Waals surface area contributed by atoms with Gasteiger partial charge in [0.2, 0.25) is 0 Å². The molecule has 2 rings (SSSR count). The fourth-order valence-corrected chi connectivity index (χ4v) is 2.39. The van der Waals surface area contributed by atoms with Gasteiger partial charge in [-0.2, -0.15) is 0 Å². The molecule has 1 atom stereocenters. The zero-order valence-corrected chi connectivity index (χ0v) is 10.8. The van der Waals surface area contributed by atoms with Crippen LogP contribution in [0.3, 0.4) is 0 Å². The summed E-state index contributed by atoms with van der Waals surface area (Å²) in [6, 6.07) is 6.06. The first kappa shape index (κ1) is 12.8. The van der Waals surface area contributed by atoms with Gasteiger partial charge in [0.25, 0.3) is 0 Å². The third-order valence-electron chi connectivity index (χ3n) is 3.31. The second-order valence-electron chi connectivity index (χ2n) is 4.44. The van der Waals surface area contributed by atoms with Crippen molar-refractivity contribution in [3.8, 4) is 5.75 Å². The molecule has 1 fully saturated rings. The molecule has 5 nitrogen and oxygen atoms in total. The summed E-state index contributed by atoms with van der Waals surface area (Å²) in [7, 11) is 1.55. The Hall–Kier alpha value is -1.62. The van der Waals surface area contributed by atoms with Gasteiger partial charge in [0.1, 0.15) is 11.4 Å². The molecule has 1 heterocycles. The highest BCUT2D eigenvalue weighted by atomic mass is 16.5. The molecule has 98 valence electrons. The van der Waals surface area contributed by atoms with E-state index in [2.05, 4.69) is 22.3 Å². The number of ether oxygens (including phenoxy) is 1. The Balaban J connectivity index is 2.12. The molecule has 1 saturated heterocycles. The smallest absolute Gasteiger partial charge is 0.150 e. The van der Waals surface area contributed by atoms with Crippen molar-refractivity contribution in [1.82, 2.24) is 5.32 Å². The number of benzene rings is 1. The average Bonchev–Trinajstić information content (AvgIpc) is 2.87. The van der Waals surface area contributed by atoms with Crippen LogP contribution in [0.1, 0.15) is 13.3 Å². The summed E-state index contributed by atoms with van der Waals surface area (Å²) in [5.74, 6) is 0.536. The predicted molar refractivity (Wildman–Crippen MR) is 72.7 cm³/mol. The lowest BCUT2D eigenvalue weighted by Gasteiger charge is -2.19. The van der Waals surface area contributed by atoms with Gasteiger partial charge >= 0.3 is 0 Å². The van der Waals surface area contributed by atoms with Gasteiger partial charge in [-0.3, -0.25) is 0 Å². The molecule has 0 amide bonds. The summed E-state index contributed by atoms with van der Waals surface area (Å²) < 4.78 is 5.17. The highest BCUT2D eigenvalue weighted by Gasteiger charge is 2.22. The van der Waals surface area contributed by atoms with Gasteiger partial charge in [0.05, 0.1) is 7.11 Å². The summed E-state index contributed by atoms with van der Waals surface area (Å²) >= 11 is 0. The summed E-state index contributed by atoms with van der Waals surface area (Å²) in [4.78, 5) is 12.9. The van der Waals surface area contributed by atoms with Crippen molar-refractivity contribution < 1.29 is 4.74 Å². The van der Waals surface area contributed by atoms with Crippen LogP contribution in [0.5, 0.6) is 5.75 Å². The van der Waals surface area contributed by atoms with E-state index in [-0.39, 0.29) is 0 Å². The van der Waals surface area contributed by atoms with Crippen molar-refractivity contribution in [2.75, 3.05) is 31.6 Å². The number of hydrogen-bond donors (Lipinski definition) is 1. The SMILES string of the molecule is CCNC1CCN(c2ccc(N=O)c(OC)c2)C1. The van der Waals surface area contributed by atoms with E-state index in [4.69, 9.17) is 4.74 Å². The molecule has 0 spiro atoms. The quantitative estimate of drug-likeness (QED) is 0.813. The zero-order valence-electron chi connectivity index (χ0n) is 10.8. The number of anilines is 1. The first-order valence-corrected chi connectivity index (χ1v) is 6.28. The van der Waals surface area contributed by atoms with Crippen LogP contribution < -0.4 is 15.0 Å². The highest BCUT2D eigenvalue weighted by molar-refractivity contribution is 5.62. The van der Waals surface area contributed by atoms with E-state index in [0.29, 0.717) is 17.5 Å². The van der Waals surface area contributed by atoms with Gasteiger partial charge in [-0.25, -0.2) is 0 Å². The van der Waals surface area contributed by atoms with Gasteiger partial charge in [-0.1, -0.05) is 6.92 Å². The van der Waals surface area contributed by atoms with Crippen LogP contribution in [-0.4, -0.2) is 32.8 Å². The maximum atomic E-state index is 10.6. The normalized spacial score (nSPS) is 19.0. The van der Waals surface area contributed by atoms with Crippen LogP contribution in [0.25, 0.3) is 0 Å². The summed E-state index contributed by atoms with van der Waals surface area (Å²) in [5, 5.41) is 6.40. The molecule has 0 radical (unpaired) electrons. The van der Waals surface area contributed by atoms with Crippen LogP contribution in [0, 0.1) is 4.91 Å². The number of nitrogens with zero attached hydrogens (tertiary/aromatic N) is 2. The lowest BCUT2D eigenvalue weighted by atomic mass is 10.2. The van der Waals surface area contributed by atoms with Crippen molar-refractivity contribution in [2.24, 2.45) is 5.18 Å². The van der Waals surface area contributed by atoms with E-state index in [1.165, 1.54) is 0 Å². The Bertz CT molecular complexity index is 423. The maximum Gasteiger partial charge on any atom is 0.150 e. The maximum absolute atomic E-state index is 10.6. The van der Waals surface area contributed by atoms with E-state index < -0.39 is 0 Å². The molecule has 1 unspecified atom stereocenters. The van der Waals surface area contributed by atoms with Crippen LogP contribution in [0.4, 0.5) is 11.4 Å². The first-order chi connectivity index (χ1) is 8.78. The van der Waals surface area contributed by atoms with Gasteiger partial charge in [0.15, 0.2) is 0 Å². The molecular weight excluding hydrogens is 230 g/mol. The van der Waals surface area contributed by atoms with Gasteiger partial charge in [-0.15, -0.1) is 4.91 Å². The largest absolute Gasteiger partial charge is 0.494 e. The molecule has 1 aromatic rings. The number of hydrogen-bond acceptors (Lipinski definition) is 5. The number of rotatable bonds is 5. The Kier molecular flexibility index (Phi) is 4.15. The van der Waals surface area contributed by atoms with E-state index >= 15 is 0 Å². The Morgan fingerprint density at radius 3 is 3.06 bits per heavy atom. The third-order valence-corrected chi connectivity index (χ3v) is 3.31. The molecule has 0 saturated carbocycles. The van der Waals surface area contributed by atoms with Crippen molar-refractivity contribution in [3.05, 3.63) is 23.1 Å².